The molecule has 400 valence electrons. The largest absolute Gasteiger partial charge is 0.477 e. The van der Waals surface area contributed by atoms with Gasteiger partial charge in [0.2, 0.25) is 0 Å². The normalized spacial score (nSPS) is 10.8. The summed E-state index contributed by atoms with van der Waals surface area (Å²) in [4.78, 5) is 97.1. The Balaban J connectivity index is 0.000000216. The van der Waals surface area contributed by atoms with Crippen LogP contribution < -0.4 is 26.6 Å². The second-order valence-corrected chi connectivity index (χ2v) is 17.4. The number of hydrogen-bond donors (Lipinski definition) is 6. The molecule has 0 atom stereocenters. The summed E-state index contributed by atoms with van der Waals surface area (Å²) in [5.74, 6) is -9.67. The number of carboxylic acid groups (broad SMARTS) is 1. The second-order valence-electron chi connectivity index (χ2n) is 16.5. The number of rotatable bonds is 15. The summed E-state index contributed by atoms with van der Waals surface area (Å²) in [6, 6.07) is 27.9. The van der Waals surface area contributed by atoms with Crippen molar-refractivity contribution in [2.75, 3.05) is 17.7 Å². The van der Waals surface area contributed by atoms with Crippen molar-refractivity contribution in [2.24, 2.45) is 0 Å². The number of fused-ring (bicyclic) bond motifs is 2. The number of methoxy groups -OCH3 is 1. The number of esters is 1. The molecule has 0 spiro atoms. The van der Waals surface area contributed by atoms with Crippen molar-refractivity contribution in [3.63, 3.8) is 0 Å². The standard InChI is InChI=1S/C31H23ClF2N6O5.C22H14ClF2N5O4/c1-45-31(44)19-9-6-17(7-10-19)14-36-30(43)26-13-25(29(42)35-15-18-8-11-22(33)23(34)12-18)38-27-20(16-37-40(26)27)28(41)39-24-5-3-2-4-21(24)32;23-13-3-1-2-4-16(13)29-20(31)12-10-27-30-18(22(33)34)8-17(28-19(12)30)21(32)26-9-11-5-6-14(24)15(25)7-11/h2-13,16H,14-15H2,1H3,(H,35,42)(H,36,43)(H,39,41);1-8,10H,9H2,(H,26,32)(H,29,31)(H,33,34). The molecule has 5 aromatic carbocycles. The van der Waals surface area contributed by atoms with Crippen LogP contribution in [-0.2, 0) is 24.4 Å². The first-order valence-corrected chi connectivity index (χ1v) is 23.7. The summed E-state index contributed by atoms with van der Waals surface area (Å²) in [6.45, 7) is -0.307. The number of aromatic carboxylic acids is 1. The first kappa shape index (κ1) is 55.2. The molecule has 9 rings (SSSR count). The zero-order chi connectivity index (χ0) is 56.5. The third-order valence-corrected chi connectivity index (χ3v) is 12.0. The predicted octanol–water partition coefficient (Wildman–Crippen LogP) is 8.10. The molecule has 0 fully saturated rings. The lowest BCUT2D eigenvalue weighted by atomic mass is 10.1. The van der Waals surface area contributed by atoms with E-state index in [4.69, 9.17) is 27.9 Å². The lowest BCUT2D eigenvalue weighted by Gasteiger charge is -2.11. The number of carbonyl (C=O) groups excluding carboxylic acids is 6. The summed E-state index contributed by atoms with van der Waals surface area (Å²) in [7, 11) is 1.27. The summed E-state index contributed by atoms with van der Waals surface area (Å²) in [5, 5.41) is 31.2. The number of amides is 5. The molecule has 79 heavy (non-hydrogen) atoms. The van der Waals surface area contributed by atoms with Gasteiger partial charge in [-0.25, -0.2) is 46.1 Å². The molecule has 0 aliphatic heterocycles. The van der Waals surface area contributed by atoms with Crippen molar-refractivity contribution in [3.8, 4) is 0 Å². The zero-order valence-corrected chi connectivity index (χ0v) is 42.0. The third-order valence-electron chi connectivity index (χ3n) is 11.3. The van der Waals surface area contributed by atoms with Gasteiger partial charge in [0.05, 0.1) is 46.5 Å². The summed E-state index contributed by atoms with van der Waals surface area (Å²) in [5.41, 5.74) is 0.635. The van der Waals surface area contributed by atoms with Crippen molar-refractivity contribution in [2.45, 2.75) is 19.6 Å². The molecule has 0 radical (unpaired) electrons. The van der Waals surface area contributed by atoms with Crippen LogP contribution in [0.4, 0.5) is 28.9 Å². The highest BCUT2D eigenvalue weighted by atomic mass is 35.5. The van der Waals surface area contributed by atoms with Crippen molar-refractivity contribution in [1.29, 1.82) is 0 Å². The Morgan fingerprint density at radius 2 is 0.937 bits per heavy atom. The fraction of sp³-hybridized carbons (Fsp3) is 0.0755. The van der Waals surface area contributed by atoms with Crippen LogP contribution in [0.1, 0.15) is 89.7 Å². The molecule has 0 aliphatic carbocycles. The van der Waals surface area contributed by atoms with Crippen molar-refractivity contribution in [1.82, 2.24) is 45.1 Å². The van der Waals surface area contributed by atoms with Crippen LogP contribution in [0.15, 0.2) is 134 Å². The Morgan fingerprint density at radius 1 is 0.519 bits per heavy atom. The predicted molar refractivity (Wildman–Crippen MR) is 276 cm³/mol. The van der Waals surface area contributed by atoms with Gasteiger partial charge >= 0.3 is 11.9 Å². The van der Waals surface area contributed by atoms with Gasteiger partial charge in [-0.05, 0) is 77.4 Å². The topological polar surface area (TPSA) is 269 Å². The van der Waals surface area contributed by atoms with Crippen LogP contribution in [0.5, 0.6) is 0 Å². The minimum atomic E-state index is -1.41. The Morgan fingerprint density at radius 3 is 1.38 bits per heavy atom. The van der Waals surface area contributed by atoms with Gasteiger partial charge in [0.15, 0.2) is 40.3 Å². The number of anilines is 2. The van der Waals surface area contributed by atoms with Gasteiger partial charge in [-0.3, -0.25) is 24.0 Å². The lowest BCUT2D eigenvalue weighted by Crippen LogP contribution is -2.28. The van der Waals surface area contributed by atoms with Crippen LogP contribution in [0.25, 0.3) is 11.3 Å². The minimum absolute atomic E-state index is 0.0445. The van der Waals surface area contributed by atoms with E-state index in [0.29, 0.717) is 22.5 Å². The second kappa shape index (κ2) is 24.3. The van der Waals surface area contributed by atoms with E-state index in [1.54, 1.807) is 72.8 Å². The maximum Gasteiger partial charge on any atom is 0.354 e. The van der Waals surface area contributed by atoms with Crippen LogP contribution in [0.2, 0.25) is 10.0 Å². The van der Waals surface area contributed by atoms with E-state index < -0.39 is 70.4 Å². The summed E-state index contributed by atoms with van der Waals surface area (Å²) < 4.78 is 60.2. The van der Waals surface area contributed by atoms with Gasteiger partial charge in [0, 0.05) is 31.8 Å². The number of hydrogen-bond acceptors (Lipinski definition) is 12. The van der Waals surface area contributed by atoms with E-state index in [1.165, 1.54) is 31.5 Å². The molecule has 20 nitrogen and oxygen atoms in total. The minimum Gasteiger partial charge on any atom is -0.477 e. The number of carboxylic acids is 1. The average molecular weight is 1120 g/mol. The smallest absolute Gasteiger partial charge is 0.354 e. The molecule has 26 heteroatoms. The highest BCUT2D eigenvalue weighted by Crippen LogP contribution is 2.25. The lowest BCUT2D eigenvalue weighted by molar-refractivity contribution is 0.0599. The Hall–Kier alpha value is -10.1. The Kier molecular flexibility index (Phi) is 17.0. The third kappa shape index (κ3) is 13.0. The molecule has 0 saturated heterocycles. The van der Waals surface area contributed by atoms with Crippen LogP contribution >= 0.6 is 23.2 Å². The summed E-state index contributed by atoms with van der Waals surface area (Å²) >= 11 is 12.2. The first-order chi connectivity index (χ1) is 37.9. The van der Waals surface area contributed by atoms with Crippen molar-refractivity contribution >= 4 is 87.3 Å². The Labute approximate surface area is 452 Å². The van der Waals surface area contributed by atoms with E-state index in [9.17, 15) is 56.2 Å². The first-order valence-electron chi connectivity index (χ1n) is 22.9. The molecule has 5 amide bonds. The van der Waals surface area contributed by atoms with E-state index in [2.05, 4.69) is 46.7 Å². The monoisotopic (exact) mass is 1120 g/mol. The highest BCUT2D eigenvalue weighted by molar-refractivity contribution is 6.34. The molecule has 6 N–H and O–H groups in total. The van der Waals surface area contributed by atoms with Gasteiger partial charge in [0.1, 0.15) is 28.2 Å². The number of aromatic nitrogens is 6. The van der Waals surface area contributed by atoms with Crippen LogP contribution in [0, 0.1) is 23.3 Å². The van der Waals surface area contributed by atoms with Crippen LogP contribution in [-0.4, -0.2) is 82.9 Å². The van der Waals surface area contributed by atoms with E-state index in [0.717, 1.165) is 45.6 Å². The van der Waals surface area contributed by atoms with Crippen molar-refractivity contribution < 1.29 is 61.0 Å². The number of halogens is 6. The number of nitrogens with one attached hydrogen (secondary N) is 5. The van der Waals surface area contributed by atoms with Gasteiger partial charge in [-0.15, -0.1) is 0 Å². The van der Waals surface area contributed by atoms with E-state index in [-0.39, 0.29) is 80.3 Å². The maximum atomic E-state index is 13.7. The molecule has 0 aliphatic rings. The molecule has 0 saturated carbocycles. The SMILES string of the molecule is COC(=O)c1ccc(CNC(=O)c2cc(C(=O)NCc3ccc(F)c(F)c3)nc3c(C(=O)Nc4ccccc4Cl)cnn23)cc1.O=C(NCc1ccc(F)c(F)c1)c1cc(C(=O)O)n2ncc(C(=O)Nc3ccccc3Cl)c2n1. The molecule has 0 bridgehead atoms. The molecule has 4 heterocycles. The Bertz CT molecular complexity index is 3900. The molecule has 0 unspecified atom stereocenters. The van der Waals surface area contributed by atoms with E-state index in [1.807, 2.05) is 0 Å². The highest BCUT2D eigenvalue weighted by Gasteiger charge is 2.25. The molecule has 9 aromatic rings. The summed E-state index contributed by atoms with van der Waals surface area (Å²) in [6.07, 6.45) is 2.31. The van der Waals surface area contributed by atoms with E-state index >= 15 is 0 Å². The van der Waals surface area contributed by atoms with Crippen molar-refractivity contribution in [3.05, 3.63) is 223 Å². The van der Waals surface area contributed by atoms with Gasteiger partial charge < -0.3 is 36.4 Å². The number of para-hydroxylation sites is 2. The van der Waals surface area contributed by atoms with Crippen LogP contribution in [0.3, 0.4) is 0 Å². The number of nitrogens with zero attached hydrogens (tertiary/aromatic N) is 6. The fourth-order valence-electron chi connectivity index (χ4n) is 7.29. The van der Waals surface area contributed by atoms with Gasteiger partial charge in [0.25, 0.3) is 29.5 Å². The molecular weight excluding hydrogens is 1080 g/mol. The molecular formula is C53H37Cl2F4N11O9. The average Bonchev–Trinajstić information content (AvgIpc) is 4.34. The fourth-order valence-corrected chi connectivity index (χ4v) is 7.66. The number of benzene rings is 5. The molecule has 4 aromatic heterocycles. The zero-order valence-electron chi connectivity index (χ0n) is 40.5. The quantitative estimate of drug-likeness (QED) is 0.0419. The van der Waals surface area contributed by atoms with Gasteiger partial charge in [-0.1, -0.05) is 71.7 Å². The number of carbonyl (C=O) groups is 7. The maximum absolute atomic E-state index is 13.7. The number of ether oxygens (including phenoxy) is 1. The van der Waals surface area contributed by atoms with Gasteiger partial charge in [-0.2, -0.15) is 10.2 Å².